The fourth-order valence-corrected chi connectivity index (χ4v) is 3.25. The van der Waals surface area contributed by atoms with Gasteiger partial charge in [0.15, 0.2) is 5.79 Å². The summed E-state index contributed by atoms with van der Waals surface area (Å²) in [5.41, 5.74) is 6.63. The Morgan fingerprint density at radius 3 is 3.04 bits per heavy atom. The van der Waals surface area contributed by atoms with Gasteiger partial charge in [-0.1, -0.05) is 12.2 Å². The summed E-state index contributed by atoms with van der Waals surface area (Å²) in [4.78, 5) is 21.7. The molecule has 2 aliphatic rings. The largest absolute Gasteiger partial charge is 0.369 e. The summed E-state index contributed by atoms with van der Waals surface area (Å²) in [6.07, 6.45) is 5.74. The van der Waals surface area contributed by atoms with Gasteiger partial charge in [-0.05, 0) is 19.4 Å². The first-order valence-corrected chi connectivity index (χ1v) is 7.56. The SMILES string of the molecule is CC1(C)O[C@H]2C=CC(NCc3c[nH]c4nc(N)[nH]c(=O)c34)[C@H]2O1. The number of nitrogen functional groups attached to an aromatic ring is 1. The number of rotatable bonds is 3. The van der Waals surface area contributed by atoms with Gasteiger partial charge in [-0.15, -0.1) is 0 Å². The average Bonchev–Trinajstić information content (AvgIpc) is 3.09. The van der Waals surface area contributed by atoms with Gasteiger partial charge in [0, 0.05) is 12.7 Å². The second kappa shape index (κ2) is 4.92. The molecule has 0 aromatic carbocycles. The van der Waals surface area contributed by atoms with Crippen LogP contribution in [0, 0.1) is 0 Å². The van der Waals surface area contributed by atoms with Crippen LogP contribution in [0.5, 0.6) is 0 Å². The van der Waals surface area contributed by atoms with Crippen LogP contribution in [0.25, 0.3) is 11.0 Å². The van der Waals surface area contributed by atoms with E-state index >= 15 is 0 Å². The molecular formula is C15H19N5O3. The van der Waals surface area contributed by atoms with Crippen LogP contribution in [0.4, 0.5) is 5.95 Å². The molecule has 0 saturated carbocycles. The van der Waals surface area contributed by atoms with E-state index in [0.29, 0.717) is 17.6 Å². The summed E-state index contributed by atoms with van der Waals surface area (Å²) in [5.74, 6) is -0.469. The zero-order valence-electron chi connectivity index (χ0n) is 12.9. The van der Waals surface area contributed by atoms with Crippen molar-refractivity contribution < 1.29 is 9.47 Å². The Balaban J connectivity index is 1.52. The van der Waals surface area contributed by atoms with E-state index in [4.69, 9.17) is 15.2 Å². The smallest absolute Gasteiger partial charge is 0.262 e. The predicted octanol–water partition coefficient (Wildman–Crippen LogP) is 0.382. The number of aromatic amines is 2. The molecule has 1 aliphatic carbocycles. The van der Waals surface area contributed by atoms with E-state index in [1.165, 1.54) is 0 Å². The summed E-state index contributed by atoms with van der Waals surface area (Å²) in [6.45, 7) is 4.33. The fourth-order valence-electron chi connectivity index (χ4n) is 3.25. The standard InChI is InChI=1S/C15H19N5O3/c1-15(2)22-9-4-3-8(11(9)23-15)17-5-7-6-18-12-10(7)13(21)20-14(16)19-12/h3-4,6,8-9,11,17H,5H2,1-2H3,(H4,16,18,19,20,21)/t8?,9-,11+/m0/s1. The second-order valence-corrected chi connectivity index (χ2v) is 6.35. The molecule has 5 N–H and O–H groups in total. The first kappa shape index (κ1) is 14.4. The molecule has 1 saturated heterocycles. The van der Waals surface area contributed by atoms with Gasteiger partial charge in [-0.25, -0.2) is 0 Å². The molecule has 8 nitrogen and oxygen atoms in total. The summed E-state index contributed by atoms with van der Waals surface area (Å²) in [5, 5.41) is 3.93. The molecule has 0 spiro atoms. The van der Waals surface area contributed by atoms with E-state index in [1.807, 2.05) is 26.0 Å². The van der Waals surface area contributed by atoms with Gasteiger partial charge < -0.3 is 25.5 Å². The lowest BCUT2D eigenvalue weighted by Crippen LogP contribution is -2.39. The van der Waals surface area contributed by atoms with E-state index in [9.17, 15) is 4.79 Å². The molecule has 2 aromatic rings. The minimum Gasteiger partial charge on any atom is -0.369 e. The molecule has 0 radical (unpaired) electrons. The van der Waals surface area contributed by atoms with Crippen LogP contribution in [0.1, 0.15) is 19.4 Å². The van der Waals surface area contributed by atoms with E-state index < -0.39 is 5.79 Å². The number of nitrogens with two attached hydrogens (primary N) is 1. The molecule has 122 valence electrons. The third-order valence-corrected chi connectivity index (χ3v) is 4.20. The van der Waals surface area contributed by atoms with Crippen molar-refractivity contribution in [3.8, 4) is 0 Å². The Labute approximate surface area is 132 Å². The van der Waals surface area contributed by atoms with Crippen LogP contribution in [-0.2, 0) is 16.0 Å². The van der Waals surface area contributed by atoms with Crippen molar-refractivity contribution in [2.45, 2.75) is 44.4 Å². The zero-order valence-corrected chi connectivity index (χ0v) is 12.9. The lowest BCUT2D eigenvalue weighted by atomic mass is 10.1. The number of ether oxygens (including phenoxy) is 2. The minimum atomic E-state index is -0.570. The number of nitrogens with one attached hydrogen (secondary N) is 3. The number of hydrogen-bond acceptors (Lipinski definition) is 6. The van der Waals surface area contributed by atoms with Gasteiger partial charge in [0.1, 0.15) is 17.9 Å². The van der Waals surface area contributed by atoms with E-state index in [-0.39, 0.29) is 29.8 Å². The topological polar surface area (TPSA) is 118 Å². The van der Waals surface area contributed by atoms with Crippen molar-refractivity contribution in [1.29, 1.82) is 0 Å². The highest BCUT2D eigenvalue weighted by Gasteiger charge is 2.46. The van der Waals surface area contributed by atoms with Crippen LogP contribution in [0.15, 0.2) is 23.1 Å². The van der Waals surface area contributed by atoms with E-state index in [2.05, 4.69) is 20.3 Å². The average molecular weight is 317 g/mol. The van der Waals surface area contributed by atoms with Crippen molar-refractivity contribution in [3.05, 3.63) is 34.3 Å². The Hall–Kier alpha value is -2.16. The van der Waals surface area contributed by atoms with Crippen LogP contribution >= 0.6 is 0 Å². The normalized spacial score (nSPS) is 28.5. The maximum absolute atomic E-state index is 12.1. The van der Waals surface area contributed by atoms with Crippen LogP contribution in [0.2, 0.25) is 0 Å². The molecular weight excluding hydrogens is 298 g/mol. The van der Waals surface area contributed by atoms with Crippen molar-refractivity contribution in [3.63, 3.8) is 0 Å². The van der Waals surface area contributed by atoms with Crippen LogP contribution in [0.3, 0.4) is 0 Å². The van der Waals surface area contributed by atoms with Crippen molar-refractivity contribution >= 4 is 17.0 Å². The molecule has 2 aromatic heterocycles. The maximum atomic E-state index is 12.1. The van der Waals surface area contributed by atoms with Gasteiger partial charge in [-0.2, -0.15) is 4.98 Å². The van der Waals surface area contributed by atoms with Gasteiger partial charge in [-0.3, -0.25) is 9.78 Å². The third-order valence-electron chi connectivity index (χ3n) is 4.20. The molecule has 0 amide bonds. The monoisotopic (exact) mass is 317 g/mol. The Bertz CT molecular complexity index is 837. The van der Waals surface area contributed by atoms with Gasteiger partial charge in [0.2, 0.25) is 5.95 Å². The van der Waals surface area contributed by atoms with Crippen molar-refractivity contribution in [1.82, 2.24) is 20.3 Å². The van der Waals surface area contributed by atoms with E-state index in [1.54, 1.807) is 6.20 Å². The Kier molecular flexibility index (Phi) is 3.09. The summed E-state index contributed by atoms with van der Waals surface area (Å²) in [7, 11) is 0. The van der Waals surface area contributed by atoms with Gasteiger partial charge in [0.25, 0.3) is 5.56 Å². The highest BCUT2D eigenvalue weighted by atomic mass is 16.8. The number of H-pyrrole nitrogens is 2. The molecule has 1 aliphatic heterocycles. The van der Waals surface area contributed by atoms with Crippen molar-refractivity contribution in [2.75, 3.05) is 5.73 Å². The van der Waals surface area contributed by atoms with Crippen molar-refractivity contribution in [2.24, 2.45) is 0 Å². The number of nitrogens with zero attached hydrogens (tertiary/aromatic N) is 1. The molecule has 3 atom stereocenters. The quantitative estimate of drug-likeness (QED) is 0.608. The number of aromatic nitrogens is 3. The van der Waals surface area contributed by atoms with Crippen LogP contribution < -0.4 is 16.6 Å². The zero-order chi connectivity index (χ0) is 16.2. The number of hydrogen-bond donors (Lipinski definition) is 4. The highest BCUT2D eigenvalue weighted by Crippen LogP contribution is 2.34. The summed E-state index contributed by atoms with van der Waals surface area (Å²) >= 11 is 0. The molecule has 4 rings (SSSR count). The molecule has 1 unspecified atom stereocenters. The molecule has 8 heteroatoms. The fraction of sp³-hybridized carbons (Fsp3) is 0.467. The van der Waals surface area contributed by atoms with Gasteiger partial charge >= 0.3 is 0 Å². The molecule has 3 heterocycles. The third kappa shape index (κ3) is 2.44. The number of fused-ring (bicyclic) bond motifs is 2. The lowest BCUT2D eigenvalue weighted by molar-refractivity contribution is -0.145. The Morgan fingerprint density at radius 1 is 1.39 bits per heavy atom. The second-order valence-electron chi connectivity index (χ2n) is 6.35. The first-order valence-electron chi connectivity index (χ1n) is 7.56. The van der Waals surface area contributed by atoms with Crippen LogP contribution in [-0.4, -0.2) is 39.0 Å². The highest BCUT2D eigenvalue weighted by molar-refractivity contribution is 5.79. The summed E-state index contributed by atoms with van der Waals surface area (Å²) in [6, 6.07) is 0.0348. The number of anilines is 1. The van der Waals surface area contributed by atoms with Gasteiger partial charge in [0.05, 0.1) is 11.4 Å². The lowest BCUT2D eigenvalue weighted by Gasteiger charge is -2.21. The molecule has 23 heavy (non-hydrogen) atoms. The van der Waals surface area contributed by atoms with E-state index in [0.717, 1.165) is 5.56 Å². The Morgan fingerprint density at radius 2 is 2.22 bits per heavy atom. The predicted molar refractivity (Wildman–Crippen MR) is 84.7 cm³/mol. The summed E-state index contributed by atoms with van der Waals surface area (Å²) < 4.78 is 11.7. The maximum Gasteiger partial charge on any atom is 0.262 e. The molecule has 1 fully saturated rings. The molecule has 0 bridgehead atoms. The minimum absolute atomic E-state index is 0.0321. The first-order chi connectivity index (χ1) is 10.9.